The largest absolute Gasteiger partial charge is 0.491 e. The average molecular weight is 583 g/mol. The van der Waals surface area contributed by atoms with Crippen LogP contribution in [-0.4, -0.2) is 50.6 Å². The summed E-state index contributed by atoms with van der Waals surface area (Å²) in [5.74, 6) is -1.74. The van der Waals surface area contributed by atoms with Crippen LogP contribution in [0.15, 0.2) is 78.9 Å². The number of alkyl halides is 3. The Hall–Kier alpha value is -4.61. The number of hydrogen-bond donors (Lipinski definition) is 0. The van der Waals surface area contributed by atoms with Crippen molar-refractivity contribution in [1.29, 1.82) is 0 Å². The van der Waals surface area contributed by atoms with E-state index in [1.54, 1.807) is 48.5 Å². The number of esters is 2. The van der Waals surface area contributed by atoms with Crippen LogP contribution in [0.25, 0.3) is 12.2 Å². The molecule has 5 rings (SSSR count). The zero-order valence-corrected chi connectivity index (χ0v) is 22.0. The molecule has 2 aliphatic heterocycles. The Bertz CT molecular complexity index is 1450. The number of carbonyl (C=O) groups excluding carboxylic acids is 2. The Morgan fingerprint density at radius 3 is 1.62 bits per heavy atom. The van der Waals surface area contributed by atoms with Crippen LogP contribution < -0.4 is 18.9 Å². The SMILES string of the molecule is O=C(/C=C\c1ccc(OCC2CO2)cc1)Oc1ccc(OC(=O)/C=C\c2ccc(OCC3CO3)cc2)c(C(F)(F)F)c1. The number of epoxide rings is 2. The lowest BCUT2D eigenvalue weighted by Crippen LogP contribution is -2.13. The Morgan fingerprint density at radius 1 is 0.714 bits per heavy atom. The Kier molecular flexibility index (Phi) is 8.89. The van der Waals surface area contributed by atoms with Crippen molar-refractivity contribution in [3.05, 3.63) is 95.6 Å². The summed E-state index contributed by atoms with van der Waals surface area (Å²) in [6.07, 6.45) is 0.295. The maximum absolute atomic E-state index is 13.7. The first-order chi connectivity index (χ1) is 20.2. The van der Waals surface area contributed by atoms with Crippen molar-refractivity contribution in [3.63, 3.8) is 0 Å². The molecule has 2 heterocycles. The summed E-state index contributed by atoms with van der Waals surface area (Å²) < 4.78 is 72.4. The van der Waals surface area contributed by atoms with E-state index in [0.29, 0.717) is 55.1 Å². The van der Waals surface area contributed by atoms with Gasteiger partial charge in [0.05, 0.1) is 13.2 Å². The minimum Gasteiger partial charge on any atom is -0.491 e. The van der Waals surface area contributed by atoms with Gasteiger partial charge in [-0.2, -0.15) is 13.2 Å². The first kappa shape index (κ1) is 28.9. The summed E-state index contributed by atoms with van der Waals surface area (Å²) in [7, 11) is 0. The third-order valence-electron chi connectivity index (χ3n) is 5.95. The van der Waals surface area contributed by atoms with Crippen molar-refractivity contribution in [1.82, 2.24) is 0 Å². The number of ether oxygens (including phenoxy) is 6. The molecule has 2 fully saturated rings. The molecule has 8 nitrogen and oxygen atoms in total. The summed E-state index contributed by atoms with van der Waals surface area (Å²) in [4.78, 5) is 24.5. The molecule has 3 aromatic carbocycles. The second-order valence-electron chi connectivity index (χ2n) is 9.34. The predicted molar refractivity (Wildman–Crippen MR) is 144 cm³/mol. The normalized spacial score (nSPS) is 17.7. The average Bonchev–Trinajstić information content (AvgIpc) is 3.90. The van der Waals surface area contributed by atoms with Gasteiger partial charge in [0.25, 0.3) is 0 Å². The van der Waals surface area contributed by atoms with Crippen LogP contribution >= 0.6 is 0 Å². The van der Waals surface area contributed by atoms with E-state index in [9.17, 15) is 22.8 Å². The summed E-state index contributed by atoms with van der Waals surface area (Å²) >= 11 is 0. The molecule has 0 saturated carbocycles. The van der Waals surface area contributed by atoms with E-state index in [0.717, 1.165) is 24.3 Å². The molecule has 0 aliphatic carbocycles. The fourth-order valence-corrected chi connectivity index (χ4v) is 3.56. The molecule has 0 radical (unpaired) electrons. The second-order valence-corrected chi connectivity index (χ2v) is 9.34. The molecule has 42 heavy (non-hydrogen) atoms. The standard InChI is InChI=1S/C31H25F3O8/c32-31(33,34)27-15-24(41-29(35)13-5-20-1-7-22(8-2-20)37-16-25-18-39-25)11-12-28(27)42-30(36)14-6-21-3-9-23(10-4-21)38-17-26-19-40-26/h1-15,25-26H,16-19H2/b13-5-,14-6-. The first-order valence-corrected chi connectivity index (χ1v) is 12.9. The fourth-order valence-electron chi connectivity index (χ4n) is 3.56. The number of rotatable bonds is 12. The number of halogens is 3. The van der Waals surface area contributed by atoms with Crippen LogP contribution in [-0.2, 0) is 25.2 Å². The van der Waals surface area contributed by atoms with Gasteiger partial charge in [0.2, 0.25) is 0 Å². The maximum atomic E-state index is 13.7. The fraction of sp³-hybridized carbons (Fsp3) is 0.226. The van der Waals surface area contributed by atoms with Crippen LogP contribution in [0.5, 0.6) is 23.0 Å². The maximum Gasteiger partial charge on any atom is 0.420 e. The van der Waals surface area contributed by atoms with Gasteiger partial charge in [-0.1, -0.05) is 24.3 Å². The third kappa shape index (κ3) is 8.95. The van der Waals surface area contributed by atoms with E-state index in [1.165, 1.54) is 12.2 Å². The monoisotopic (exact) mass is 582 g/mol. The number of benzene rings is 3. The van der Waals surface area contributed by atoms with E-state index in [-0.39, 0.29) is 18.0 Å². The zero-order valence-electron chi connectivity index (χ0n) is 22.0. The molecule has 3 aromatic rings. The predicted octanol–water partition coefficient (Wildman–Crippen LogP) is 5.50. The molecule has 0 aromatic heterocycles. The minimum absolute atomic E-state index is 0.112. The van der Waals surface area contributed by atoms with Gasteiger partial charge in [-0.15, -0.1) is 0 Å². The van der Waals surface area contributed by atoms with Gasteiger partial charge >= 0.3 is 18.1 Å². The van der Waals surface area contributed by atoms with E-state index in [1.807, 2.05) is 0 Å². The van der Waals surface area contributed by atoms with Gasteiger partial charge in [0.15, 0.2) is 0 Å². The van der Waals surface area contributed by atoms with Crippen molar-refractivity contribution in [2.75, 3.05) is 26.4 Å². The molecule has 218 valence electrons. The molecule has 2 atom stereocenters. The Morgan fingerprint density at radius 2 is 1.17 bits per heavy atom. The molecule has 0 bridgehead atoms. The van der Waals surface area contributed by atoms with E-state index < -0.39 is 29.4 Å². The molecular weight excluding hydrogens is 557 g/mol. The second kappa shape index (κ2) is 12.9. The number of hydrogen-bond acceptors (Lipinski definition) is 8. The Balaban J connectivity index is 1.16. The van der Waals surface area contributed by atoms with Crippen molar-refractivity contribution >= 4 is 24.1 Å². The quantitative estimate of drug-likeness (QED) is 0.120. The molecule has 2 aliphatic rings. The van der Waals surface area contributed by atoms with Gasteiger partial charge in [0.1, 0.15) is 54.0 Å². The van der Waals surface area contributed by atoms with Crippen LogP contribution in [0.3, 0.4) is 0 Å². The van der Waals surface area contributed by atoms with Crippen molar-refractivity contribution < 1.29 is 51.2 Å². The van der Waals surface area contributed by atoms with Crippen LogP contribution in [0.4, 0.5) is 13.2 Å². The molecule has 11 heteroatoms. The highest BCUT2D eigenvalue weighted by atomic mass is 19.4. The Labute approximate surface area is 238 Å². The first-order valence-electron chi connectivity index (χ1n) is 12.9. The summed E-state index contributed by atoms with van der Waals surface area (Å²) in [5.41, 5.74) is -0.00521. The highest BCUT2D eigenvalue weighted by Crippen LogP contribution is 2.38. The third-order valence-corrected chi connectivity index (χ3v) is 5.95. The van der Waals surface area contributed by atoms with Crippen LogP contribution in [0.2, 0.25) is 0 Å². The lowest BCUT2D eigenvalue weighted by atomic mass is 10.1. The van der Waals surface area contributed by atoms with Crippen molar-refractivity contribution in [3.8, 4) is 23.0 Å². The lowest BCUT2D eigenvalue weighted by Gasteiger charge is -2.13. The van der Waals surface area contributed by atoms with Gasteiger partial charge in [-0.3, -0.25) is 0 Å². The molecule has 0 spiro atoms. The lowest BCUT2D eigenvalue weighted by molar-refractivity contribution is -0.141. The van der Waals surface area contributed by atoms with Gasteiger partial charge < -0.3 is 28.4 Å². The molecule has 0 amide bonds. The van der Waals surface area contributed by atoms with E-state index in [2.05, 4.69) is 0 Å². The molecule has 0 N–H and O–H groups in total. The smallest absolute Gasteiger partial charge is 0.420 e. The number of carbonyl (C=O) groups is 2. The zero-order chi connectivity index (χ0) is 29.5. The van der Waals surface area contributed by atoms with Crippen molar-refractivity contribution in [2.24, 2.45) is 0 Å². The molecular formula is C31H25F3O8. The minimum atomic E-state index is -4.88. The van der Waals surface area contributed by atoms with Crippen molar-refractivity contribution in [2.45, 2.75) is 18.4 Å². The van der Waals surface area contributed by atoms with Crippen LogP contribution in [0, 0.1) is 0 Å². The highest BCUT2D eigenvalue weighted by molar-refractivity contribution is 5.90. The van der Waals surface area contributed by atoms with Gasteiger partial charge in [-0.05, 0) is 65.7 Å². The van der Waals surface area contributed by atoms with E-state index in [4.69, 9.17) is 28.4 Å². The van der Waals surface area contributed by atoms with Gasteiger partial charge in [0, 0.05) is 12.2 Å². The van der Waals surface area contributed by atoms with E-state index >= 15 is 0 Å². The topological polar surface area (TPSA) is 96.1 Å². The summed E-state index contributed by atoms with van der Waals surface area (Å²) in [6, 6.07) is 16.2. The van der Waals surface area contributed by atoms with Crippen LogP contribution in [0.1, 0.15) is 16.7 Å². The highest BCUT2D eigenvalue weighted by Gasteiger charge is 2.35. The molecule has 2 unspecified atom stereocenters. The summed E-state index contributed by atoms with van der Waals surface area (Å²) in [6.45, 7) is 2.26. The van der Waals surface area contributed by atoms with Gasteiger partial charge in [-0.25, -0.2) is 9.59 Å². The summed E-state index contributed by atoms with van der Waals surface area (Å²) in [5, 5.41) is 0. The molecule has 2 saturated heterocycles.